The number of aryl methyl sites for hydroxylation is 1. The molecule has 1 aliphatic rings. The zero-order valence-electron chi connectivity index (χ0n) is 12.5. The van der Waals surface area contributed by atoms with Gasteiger partial charge in [-0.2, -0.15) is 0 Å². The lowest BCUT2D eigenvalue weighted by Crippen LogP contribution is -2.46. The largest absolute Gasteiger partial charge is 0.340 e. The van der Waals surface area contributed by atoms with Crippen molar-refractivity contribution < 1.29 is 9.72 Å². The van der Waals surface area contributed by atoms with Gasteiger partial charge >= 0.3 is 0 Å². The first-order valence-corrected chi connectivity index (χ1v) is 7.23. The second-order valence-electron chi connectivity index (χ2n) is 5.72. The highest BCUT2D eigenvalue weighted by Crippen LogP contribution is 2.28. The van der Waals surface area contributed by atoms with E-state index in [2.05, 4.69) is 0 Å². The van der Waals surface area contributed by atoms with Crippen molar-refractivity contribution in [2.45, 2.75) is 31.7 Å². The number of carbonyl (C=O) groups is 1. The summed E-state index contributed by atoms with van der Waals surface area (Å²) in [4.78, 5) is 24.6. The molecule has 2 N–H and O–H groups in total. The minimum atomic E-state index is -0.486. The van der Waals surface area contributed by atoms with Crippen LogP contribution in [0.25, 0.3) is 0 Å². The van der Waals surface area contributed by atoms with E-state index in [9.17, 15) is 14.9 Å². The van der Waals surface area contributed by atoms with Crippen LogP contribution in [0.5, 0.6) is 0 Å². The highest BCUT2D eigenvalue weighted by molar-refractivity contribution is 5.93. The number of amides is 1. The van der Waals surface area contributed by atoms with Gasteiger partial charge in [-0.3, -0.25) is 14.9 Å². The summed E-state index contributed by atoms with van der Waals surface area (Å²) in [6.07, 6.45) is 5.58. The zero-order valence-corrected chi connectivity index (χ0v) is 12.5. The van der Waals surface area contributed by atoms with Gasteiger partial charge in [0.2, 0.25) is 0 Å². The predicted octanol–water partition coefficient (Wildman–Crippen LogP) is 1.52. The number of rotatable bonds is 4. The second-order valence-corrected chi connectivity index (χ2v) is 5.72. The first kappa shape index (κ1) is 15.5. The molecule has 116 valence electrons. The Bertz CT molecular complexity index is 540. The summed E-state index contributed by atoms with van der Waals surface area (Å²) in [5.74, 6) is 0.124. The third-order valence-electron chi connectivity index (χ3n) is 4.41. The second kappa shape index (κ2) is 6.26. The number of nitrogens with two attached hydrogens (primary N) is 1. The van der Waals surface area contributed by atoms with Crippen LogP contribution in [0.2, 0.25) is 0 Å². The molecule has 1 aliphatic carbocycles. The van der Waals surface area contributed by atoms with Gasteiger partial charge in [-0.15, -0.1) is 0 Å². The molecule has 0 saturated heterocycles. The molecule has 0 aliphatic heterocycles. The van der Waals surface area contributed by atoms with Gasteiger partial charge in [0.15, 0.2) is 0 Å². The van der Waals surface area contributed by atoms with Crippen LogP contribution in [-0.4, -0.2) is 39.9 Å². The van der Waals surface area contributed by atoms with Crippen LogP contribution in [0.3, 0.4) is 0 Å². The third-order valence-corrected chi connectivity index (χ3v) is 4.41. The molecule has 2 unspecified atom stereocenters. The summed E-state index contributed by atoms with van der Waals surface area (Å²) in [6.45, 7) is 0.565. The number of nitro groups is 1. The van der Waals surface area contributed by atoms with Gasteiger partial charge in [0.05, 0.1) is 11.1 Å². The molecule has 1 fully saturated rings. The smallest absolute Gasteiger partial charge is 0.287 e. The quantitative estimate of drug-likeness (QED) is 0.673. The van der Waals surface area contributed by atoms with E-state index >= 15 is 0 Å². The Morgan fingerprint density at radius 1 is 1.52 bits per heavy atom. The molecular formula is C14H22N4O3. The van der Waals surface area contributed by atoms with Crippen molar-refractivity contribution in [1.29, 1.82) is 0 Å². The molecule has 1 amide bonds. The van der Waals surface area contributed by atoms with Crippen molar-refractivity contribution in [1.82, 2.24) is 9.47 Å². The van der Waals surface area contributed by atoms with Crippen molar-refractivity contribution in [3.63, 3.8) is 0 Å². The Balaban J connectivity index is 2.20. The van der Waals surface area contributed by atoms with Crippen LogP contribution in [0.4, 0.5) is 5.69 Å². The Morgan fingerprint density at radius 3 is 2.76 bits per heavy atom. The van der Waals surface area contributed by atoms with Crippen LogP contribution in [-0.2, 0) is 7.05 Å². The summed E-state index contributed by atoms with van der Waals surface area (Å²) in [5, 5.41) is 10.8. The van der Waals surface area contributed by atoms with E-state index in [0.717, 1.165) is 25.7 Å². The molecule has 0 bridgehead atoms. The van der Waals surface area contributed by atoms with E-state index in [1.807, 2.05) is 0 Å². The molecule has 7 heteroatoms. The molecule has 1 aromatic rings. The van der Waals surface area contributed by atoms with Gasteiger partial charge in [0.25, 0.3) is 11.6 Å². The van der Waals surface area contributed by atoms with E-state index in [4.69, 9.17) is 5.73 Å². The van der Waals surface area contributed by atoms with Crippen molar-refractivity contribution >= 4 is 11.6 Å². The van der Waals surface area contributed by atoms with E-state index in [-0.39, 0.29) is 17.6 Å². The first-order valence-electron chi connectivity index (χ1n) is 7.23. The van der Waals surface area contributed by atoms with Crippen LogP contribution in [0.15, 0.2) is 12.3 Å². The Labute approximate surface area is 123 Å². The summed E-state index contributed by atoms with van der Waals surface area (Å²) < 4.78 is 1.51. The maximum Gasteiger partial charge on any atom is 0.287 e. The normalized spacial score (nSPS) is 22.0. The molecule has 1 saturated carbocycles. The van der Waals surface area contributed by atoms with Crippen molar-refractivity contribution in [3.05, 3.63) is 28.1 Å². The van der Waals surface area contributed by atoms with E-state index < -0.39 is 4.92 Å². The van der Waals surface area contributed by atoms with Crippen molar-refractivity contribution in [2.24, 2.45) is 18.7 Å². The molecule has 0 radical (unpaired) electrons. The molecule has 1 aromatic heterocycles. The molecular weight excluding hydrogens is 272 g/mol. The van der Waals surface area contributed by atoms with Gasteiger partial charge in [-0.05, 0) is 25.3 Å². The lowest BCUT2D eigenvalue weighted by molar-refractivity contribution is -0.384. The maximum absolute atomic E-state index is 12.6. The minimum Gasteiger partial charge on any atom is -0.340 e. The van der Waals surface area contributed by atoms with Crippen molar-refractivity contribution in [3.8, 4) is 0 Å². The van der Waals surface area contributed by atoms with Gasteiger partial charge in [-0.1, -0.05) is 12.8 Å². The number of hydrogen-bond acceptors (Lipinski definition) is 4. The molecule has 7 nitrogen and oxygen atoms in total. The summed E-state index contributed by atoms with van der Waals surface area (Å²) >= 11 is 0. The topological polar surface area (TPSA) is 94.4 Å². The number of nitrogens with zero attached hydrogens (tertiary/aromatic N) is 3. The summed E-state index contributed by atoms with van der Waals surface area (Å²) in [7, 11) is 3.41. The van der Waals surface area contributed by atoms with Crippen LogP contribution >= 0.6 is 0 Å². The Kier molecular flexibility index (Phi) is 4.62. The zero-order chi connectivity index (χ0) is 15.6. The first-order chi connectivity index (χ1) is 9.95. The average Bonchev–Trinajstić information content (AvgIpc) is 2.88. The SMILES string of the molecule is CN(C(=O)c1cc([N+](=O)[O-])cn1C)C1CCCCC1CN. The maximum atomic E-state index is 12.6. The van der Waals surface area contributed by atoms with Crippen LogP contribution < -0.4 is 5.73 Å². The van der Waals surface area contributed by atoms with Gasteiger partial charge in [-0.25, -0.2) is 0 Å². The fourth-order valence-corrected chi connectivity index (χ4v) is 3.16. The molecule has 1 heterocycles. The molecule has 0 aromatic carbocycles. The predicted molar refractivity (Wildman–Crippen MR) is 79.0 cm³/mol. The molecule has 0 spiro atoms. The standard InChI is InChI=1S/C14H22N4O3/c1-16-9-11(18(20)21)7-13(16)14(19)17(2)12-6-4-3-5-10(12)8-15/h7,9-10,12H,3-6,8,15H2,1-2H3. The van der Waals surface area contributed by atoms with E-state index in [1.54, 1.807) is 19.0 Å². The highest BCUT2D eigenvalue weighted by Gasteiger charge is 2.31. The van der Waals surface area contributed by atoms with E-state index in [0.29, 0.717) is 18.2 Å². The number of hydrogen-bond donors (Lipinski definition) is 1. The molecule has 2 atom stereocenters. The summed E-state index contributed by atoms with van der Waals surface area (Å²) in [5.41, 5.74) is 6.09. The molecule has 2 rings (SSSR count). The fraction of sp³-hybridized carbons (Fsp3) is 0.643. The van der Waals surface area contributed by atoms with Crippen LogP contribution in [0, 0.1) is 16.0 Å². The Hall–Kier alpha value is -1.89. The minimum absolute atomic E-state index is 0.0618. The van der Waals surface area contributed by atoms with Gasteiger partial charge < -0.3 is 15.2 Å². The average molecular weight is 294 g/mol. The fourth-order valence-electron chi connectivity index (χ4n) is 3.16. The highest BCUT2D eigenvalue weighted by atomic mass is 16.6. The van der Waals surface area contributed by atoms with Gasteiger partial charge in [0.1, 0.15) is 5.69 Å². The molecule has 21 heavy (non-hydrogen) atoms. The lowest BCUT2D eigenvalue weighted by Gasteiger charge is -2.37. The lowest BCUT2D eigenvalue weighted by atomic mass is 9.83. The number of carbonyl (C=O) groups excluding carboxylic acids is 1. The van der Waals surface area contributed by atoms with Crippen molar-refractivity contribution in [2.75, 3.05) is 13.6 Å². The van der Waals surface area contributed by atoms with Crippen LogP contribution in [0.1, 0.15) is 36.2 Å². The van der Waals surface area contributed by atoms with E-state index in [1.165, 1.54) is 16.8 Å². The van der Waals surface area contributed by atoms with Gasteiger partial charge in [0, 0.05) is 26.2 Å². The number of aromatic nitrogens is 1. The Morgan fingerprint density at radius 2 is 2.19 bits per heavy atom. The monoisotopic (exact) mass is 294 g/mol. The summed E-state index contributed by atoms with van der Waals surface area (Å²) in [6, 6.07) is 1.45. The third kappa shape index (κ3) is 3.07.